The van der Waals surface area contributed by atoms with E-state index in [1.54, 1.807) is 0 Å². The first-order valence-corrected chi connectivity index (χ1v) is 5.24. The van der Waals surface area contributed by atoms with Crippen LogP contribution >= 0.6 is 0 Å². The van der Waals surface area contributed by atoms with E-state index in [4.69, 9.17) is 10.8 Å². The normalized spacial score (nSPS) is 13.1. The van der Waals surface area contributed by atoms with E-state index < -0.39 is 0 Å². The van der Waals surface area contributed by atoms with Gasteiger partial charge < -0.3 is 10.8 Å². The largest absolute Gasteiger partial charge is 0.395 e. The number of hydrogen-bond acceptors (Lipinski definition) is 3. The van der Waals surface area contributed by atoms with Crippen molar-refractivity contribution in [1.82, 2.24) is 4.90 Å². The second kappa shape index (κ2) is 5.85. The highest BCUT2D eigenvalue weighted by atomic mass is 16.3. The highest BCUT2D eigenvalue weighted by Crippen LogP contribution is 2.07. The molecule has 15 heavy (non-hydrogen) atoms. The summed E-state index contributed by atoms with van der Waals surface area (Å²) >= 11 is 0. The number of rotatable bonds is 5. The van der Waals surface area contributed by atoms with Gasteiger partial charge in [0.1, 0.15) is 0 Å². The molecule has 84 valence electrons. The zero-order chi connectivity index (χ0) is 11.3. The fraction of sp³-hybridized carbons (Fsp3) is 0.500. The van der Waals surface area contributed by atoms with Crippen molar-refractivity contribution in [2.24, 2.45) is 5.73 Å². The Kier molecular flexibility index (Phi) is 4.75. The molecule has 3 N–H and O–H groups in total. The molecular formula is C12H20N2O. The summed E-state index contributed by atoms with van der Waals surface area (Å²) in [6, 6.07) is 8.46. The van der Waals surface area contributed by atoms with Gasteiger partial charge in [0.15, 0.2) is 0 Å². The summed E-state index contributed by atoms with van der Waals surface area (Å²) < 4.78 is 0. The molecule has 3 heteroatoms. The van der Waals surface area contributed by atoms with Gasteiger partial charge in [-0.3, -0.25) is 4.90 Å². The maximum atomic E-state index is 9.10. The number of nitrogens with two attached hydrogens (primary N) is 1. The molecule has 1 atom stereocenters. The molecule has 0 fully saturated rings. The Morgan fingerprint density at radius 2 is 1.93 bits per heavy atom. The van der Waals surface area contributed by atoms with Crippen molar-refractivity contribution in [3.8, 4) is 0 Å². The first kappa shape index (κ1) is 12.2. The SMILES string of the molecule is Cc1ccc(CN(C)C(CN)CO)cc1. The lowest BCUT2D eigenvalue weighted by molar-refractivity contribution is 0.146. The summed E-state index contributed by atoms with van der Waals surface area (Å²) in [6.45, 7) is 3.49. The standard InChI is InChI=1S/C12H20N2O/c1-10-3-5-11(6-4-10)8-14(2)12(7-13)9-15/h3-6,12,15H,7-9,13H2,1-2H3. The molecule has 1 aromatic rings. The highest BCUT2D eigenvalue weighted by molar-refractivity contribution is 5.21. The van der Waals surface area contributed by atoms with Gasteiger partial charge in [-0.1, -0.05) is 29.8 Å². The number of hydrogen-bond donors (Lipinski definition) is 2. The van der Waals surface area contributed by atoms with Gasteiger partial charge in [-0.15, -0.1) is 0 Å². The molecule has 0 aliphatic rings. The quantitative estimate of drug-likeness (QED) is 0.750. The molecule has 1 aromatic carbocycles. The maximum absolute atomic E-state index is 9.10. The number of aliphatic hydroxyl groups excluding tert-OH is 1. The minimum atomic E-state index is 0.0475. The molecule has 0 radical (unpaired) electrons. The van der Waals surface area contributed by atoms with Crippen LogP contribution in [0.25, 0.3) is 0 Å². The molecule has 1 unspecified atom stereocenters. The van der Waals surface area contributed by atoms with Crippen LogP contribution in [0.4, 0.5) is 0 Å². The van der Waals surface area contributed by atoms with Gasteiger partial charge in [-0.2, -0.15) is 0 Å². The van der Waals surface area contributed by atoms with E-state index in [2.05, 4.69) is 36.1 Å². The van der Waals surface area contributed by atoms with E-state index in [1.807, 2.05) is 7.05 Å². The Balaban J connectivity index is 2.57. The van der Waals surface area contributed by atoms with Gasteiger partial charge in [-0.25, -0.2) is 0 Å². The predicted molar refractivity (Wildman–Crippen MR) is 62.6 cm³/mol. The van der Waals surface area contributed by atoms with Crippen molar-refractivity contribution in [1.29, 1.82) is 0 Å². The summed E-state index contributed by atoms with van der Waals surface area (Å²) in [4.78, 5) is 2.07. The summed E-state index contributed by atoms with van der Waals surface area (Å²) in [7, 11) is 1.98. The molecule has 0 heterocycles. The average molecular weight is 208 g/mol. The van der Waals surface area contributed by atoms with Gasteiger partial charge in [0.2, 0.25) is 0 Å². The first-order chi connectivity index (χ1) is 7.17. The monoisotopic (exact) mass is 208 g/mol. The number of aliphatic hydroxyl groups is 1. The van der Waals surface area contributed by atoms with Gasteiger partial charge in [-0.05, 0) is 19.5 Å². The zero-order valence-corrected chi connectivity index (χ0v) is 9.48. The molecule has 0 aromatic heterocycles. The molecule has 0 aliphatic carbocycles. The molecule has 0 amide bonds. The summed E-state index contributed by atoms with van der Waals surface area (Å²) in [6.07, 6.45) is 0. The van der Waals surface area contributed by atoms with Crippen LogP contribution in [0.1, 0.15) is 11.1 Å². The molecule has 1 rings (SSSR count). The number of nitrogens with zero attached hydrogens (tertiary/aromatic N) is 1. The molecule has 3 nitrogen and oxygen atoms in total. The van der Waals surface area contributed by atoms with Crippen LogP contribution < -0.4 is 5.73 Å². The average Bonchev–Trinajstić information content (AvgIpc) is 2.23. The Morgan fingerprint density at radius 3 is 2.40 bits per heavy atom. The van der Waals surface area contributed by atoms with Crippen LogP contribution in [0.15, 0.2) is 24.3 Å². The first-order valence-electron chi connectivity index (χ1n) is 5.24. The summed E-state index contributed by atoms with van der Waals surface area (Å²) in [5.41, 5.74) is 8.07. The molecular weight excluding hydrogens is 188 g/mol. The van der Waals surface area contributed by atoms with Crippen molar-refractivity contribution >= 4 is 0 Å². The van der Waals surface area contributed by atoms with E-state index in [9.17, 15) is 0 Å². The minimum Gasteiger partial charge on any atom is -0.395 e. The molecule has 0 saturated heterocycles. The fourth-order valence-electron chi connectivity index (χ4n) is 1.50. The van der Waals surface area contributed by atoms with Crippen LogP contribution in [0.2, 0.25) is 0 Å². The minimum absolute atomic E-state index is 0.0475. The predicted octanol–water partition coefficient (Wildman–Crippen LogP) is 0.746. The second-order valence-corrected chi connectivity index (χ2v) is 3.97. The maximum Gasteiger partial charge on any atom is 0.0599 e. The summed E-state index contributed by atoms with van der Waals surface area (Å²) in [5, 5.41) is 9.10. The lowest BCUT2D eigenvalue weighted by atomic mass is 10.1. The third-order valence-electron chi connectivity index (χ3n) is 2.66. The third kappa shape index (κ3) is 3.63. The van der Waals surface area contributed by atoms with Crippen LogP contribution in [0.3, 0.4) is 0 Å². The highest BCUT2D eigenvalue weighted by Gasteiger charge is 2.11. The van der Waals surface area contributed by atoms with Crippen LogP contribution in [-0.2, 0) is 6.54 Å². The summed E-state index contributed by atoms with van der Waals surface area (Å²) in [5.74, 6) is 0. The van der Waals surface area contributed by atoms with Gasteiger partial charge in [0.25, 0.3) is 0 Å². The van der Waals surface area contributed by atoms with Crippen LogP contribution in [0, 0.1) is 6.92 Å². The Hall–Kier alpha value is -0.900. The van der Waals surface area contributed by atoms with Crippen molar-refractivity contribution in [3.63, 3.8) is 0 Å². The van der Waals surface area contributed by atoms with E-state index in [1.165, 1.54) is 11.1 Å². The van der Waals surface area contributed by atoms with E-state index in [0.29, 0.717) is 6.54 Å². The molecule has 0 aliphatic heterocycles. The Bertz CT molecular complexity index is 280. The fourth-order valence-corrected chi connectivity index (χ4v) is 1.50. The number of aryl methyl sites for hydroxylation is 1. The molecule has 0 saturated carbocycles. The van der Waals surface area contributed by atoms with Gasteiger partial charge in [0.05, 0.1) is 6.61 Å². The van der Waals surface area contributed by atoms with Gasteiger partial charge in [0, 0.05) is 19.1 Å². The lowest BCUT2D eigenvalue weighted by Gasteiger charge is -2.25. The van der Waals surface area contributed by atoms with E-state index in [0.717, 1.165) is 6.54 Å². The molecule has 0 spiro atoms. The Labute approximate surface area is 91.5 Å². The van der Waals surface area contributed by atoms with Crippen molar-refractivity contribution in [3.05, 3.63) is 35.4 Å². The number of likely N-dealkylation sites (N-methyl/N-ethyl adjacent to an activating group) is 1. The smallest absolute Gasteiger partial charge is 0.0599 e. The Morgan fingerprint density at radius 1 is 1.33 bits per heavy atom. The van der Waals surface area contributed by atoms with E-state index >= 15 is 0 Å². The van der Waals surface area contributed by atoms with Crippen LogP contribution in [-0.4, -0.2) is 36.2 Å². The van der Waals surface area contributed by atoms with Crippen molar-refractivity contribution in [2.75, 3.05) is 20.2 Å². The van der Waals surface area contributed by atoms with Crippen molar-refractivity contribution < 1.29 is 5.11 Å². The van der Waals surface area contributed by atoms with Crippen molar-refractivity contribution in [2.45, 2.75) is 19.5 Å². The molecule has 0 bridgehead atoms. The topological polar surface area (TPSA) is 49.5 Å². The van der Waals surface area contributed by atoms with E-state index in [-0.39, 0.29) is 12.6 Å². The van der Waals surface area contributed by atoms with Gasteiger partial charge >= 0.3 is 0 Å². The number of benzene rings is 1. The third-order valence-corrected chi connectivity index (χ3v) is 2.66. The lowest BCUT2D eigenvalue weighted by Crippen LogP contribution is -2.40. The second-order valence-electron chi connectivity index (χ2n) is 3.97. The zero-order valence-electron chi connectivity index (χ0n) is 9.48. The van der Waals surface area contributed by atoms with Crippen LogP contribution in [0.5, 0.6) is 0 Å².